The highest BCUT2D eigenvalue weighted by molar-refractivity contribution is 5.93. The lowest BCUT2D eigenvalue weighted by atomic mass is 10.1. The minimum atomic E-state index is -0.571. The third kappa shape index (κ3) is 3.81. The van der Waals surface area contributed by atoms with E-state index in [2.05, 4.69) is 15.4 Å². The van der Waals surface area contributed by atoms with Gasteiger partial charge in [0.1, 0.15) is 12.2 Å². The molecule has 0 aromatic carbocycles. The minimum absolute atomic E-state index is 0.138. The molecule has 4 rings (SSSR count). The van der Waals surface area contributed by atoms with Gasteiger partial charge in [0.05, 0.1) is 18.8 Å². The topological polar surface area (TPSA) is 98.1 Å². The molecule has 3 heterocycles. The number of carbonyl (C=O) groups is 2. The van der Waals surface area contributed by atoms with Gasteiger partial charge in [0.2, 0.25) is 0 Å². The highest BCUT2D eigenvalue weighted by Crippen LogP contribution is 2.41. The van der Waals surface area contributed by atoms with E-state index in [1.54, 1.807) is 30.2 Å². The van der Waals surface area contributed by atoms with E-state index in [9.17, 15) is 9.59 Å². The number of ether oxygens (including phenoxy) is 2. The van der Waals surface area contributed by atoms with Gasteiger partial charge in [-0.2, -0.15) is 0 Å². The Labute approximate surface area is 156 Å². The maximum Gasteiger partial charge on any atom is 0.414 e. The number of carbonyl (C=O) groups excluding carboxylic acids is 2. The molecule has 1 aliphatic heterocycles. The molecule has 2 amide bonds. The Kier molecular flexibility index (Phi) is 4.16. The maximum absolute atomic E-state index is 12.0. The largest absolute Gasteiger partial charge is 0.447 e. The van der Waals surface area contributed by atoms with Gasteiger partial charge in [-0.15, -0.1) is 5.10 Å². The number of amides is 2. The Bertz CT molecular complexity index is 897. The Morgan fingerprint density at radius 3 is 2.81 bits per heavy atom. The van der Waals surface area contributed by atoms with Crippen LogP contribution < -0.4 is 10.2 Å². The van der Waals surface area contributed by atoms with Crippen LogP contribution in [0.25, 0.3) is 5.65 Å². The van der Waals surface area contributed by atoms with E-state index in [4.69, 9.17) is 9.47 Å². The summed E-state index contributed by atoms with van der Waals surface area (Å²) in [4.78, 5) is 30.0. The molecular weight excluding hydrogens is 350 g/mol. The molecule has 2 fully saturated rings. The lowest BCUT2D eigenvalue weighted by Gasteiger charge is -2.19. The van der Waals surface area contributed by atoms with Gasteiger partial charge in [-0.1, -0.05) is 0 Å². The molecule has 9 nitrogen and oxygen atoms in total. The highest BCUT2D eigenvalue weighted by atomic mass is 16.6. The molecule has 0 radical (unpaired) electrons. The minimum Gasteiger partial charge on any atom is -0.447 e. The molecular formula is C18H23N5O4. The van der Waals surface area contributed by atoms with Crippen molar-refractivity contribution in [3.63, 3.8) is 0 Å². The van der Waals surface area contributed by atoms with E-state index in [1.165, 1.54) is 0 Å². The third-order valence-electron chi connectivity index (χ3n) is 4.37. The number of pyridine rings is 1. The average Bonchev–Trinajstić information content (AvgIpc) is 3.21. The molecule has 1 N–H and O–H groups in total. The SMILES string of the molecule is CC(C)(C)OC(=O)NCc1nc2c(N3CCOC3=O)cc(C3CC3)cn2n1. The zero-order valence-corrected chi connectivity index (χ0v) is 15.7. The van der Waals surface area contributed by atoms with Crippen molar-refractivity contribution in [2.45, 2.75) is 51.7 Å². The summed E-state index contributed by atoms with van der Waals surface area (Å²) in [6.07, 6.45) is 3.32. The molecule has 9 heteroatoms. The number of alkyl carbamates (subject to hydrolysis) is 1. The van der Waals surface area contributed by atoms with Crippen LogP contribution in [0.1, 0.15) is 50.9 Å². The van der Waals surface area contributed by atoms with Crippen LogP contribution >= 0.6 is 0 Å². The highest BCUT2D eigenvalue weighted by Gasteiger charge is 2.30. The molecule has 144 valence electrons. The van der Waals surface area contributed by atoms with Crippen LogP contribution in [-0.2, 0) is 16.0 Å². The van der Waals surface area contributed by atoms with Gasteiger partial charge in [0.15, 0.2) is 11.5 Å². The van der Waals surface area contributed by atoms with Gasteiger partial charge in [0.25, 0.3) is 0 Å². The van der Waals surface area contributed by atoms with Crippen molar-refractivity contribution in [1.29, 1.82) is 0 Å². The van der Waals surface area contributed by atoms with Crippen molar-refractivity contribution >= 4 is 23.5 Å². The number of anilines is 1. The molecule has 0 atom stereocenters. The van der Waals surface area contributed by atoms with E-state index >= 15 is 0 Å². The number of hydrogen-bond donors (Lipinski definition) is 1. The first-order valence-corrected chi connectivity index (χ1v) is 9.10. The fraction of sp³-hybridized carbons (Fsp3) is 0.556. The lowest BCUT2D eigenvalue weighted by Crippen LogP contribution is -2.32. The van der Waals surface area contributed by atoms with Gasteiger partial charge in [-0.3, -0.25) is 4.90 Å². The third-order valence-corrected chi connectivity index (χ3v) is 4.37. The second-order valence-electron chi connectivity index (χ2n) is 7.85. The quantitative estimate of drug-likeness (QED) is 0.885. The number of rotatable bonds is 4. The zero-order valence-electron chi connectivity index (χ0n) is 15.7. The summed E-state index contributed by atoms with van der Waals surface area (Å²) < 4.78 is 12.0. The summed E-state index contributed by atoms with van der Waals surface area (Å²) in [6, 6.07) is 2.00. The Balaban J connectivity index is 1.60. The zero-order chi connectivity index (χ0) is 19.2. The first-order valence-electron chi connectivity index (χ1n) is 9.10. The van der Waals surface area contributed by atoms with Crippen molar-refractivity contribution < 1.29 is 19.1 Å². The second kappa shape index (κ2) is 6.40. The molecule has 0 unspecified atom stereocenters. The molecule has 2 aliphatic rings. The van der Waals surface area contributed by atoms with E-state index < -0.39 is 11.7 Å². The molecule has 27 heavy (non-hydrogen) atoms. The molecule has 2 aromatic heterocycles. The normalized spacial score (nSPS) is 17.3. The van der Waals surface area contributed by atoms with Crippen molar-refractivity contribution in [3.05, 3.63) is 23.7 Å². The van der Waals surface area contributed by atoms with Crippen molar-refractivity contribution in [1.82, 2.24) is 19.9 Å². The van der Waals surface area contributed by atoms with Crippen LogP contribution in [0.4, 0.5) is 15.3 Å². The molecule has 1 saturated carbocycles. The first kappa shape index (κ1) is 17.6. The summed E-state index contributed by atoms with van der Waals surface area (Å²) in [7, 11) is 0. The number of hydrogen-bond acceptors (Lipinski definition) is 6. The van der Waals surface area contributed by atoms with Gasteiger partial charge >= 0.3 is 12.2 Å². The number of nitrogens with one attached hydrogen (secondary N) is 1. The van der Waals surface area contributed by atoms with Gasteiger partial charge in [0, 0.05) is 6.20 Å². The second-order valence-corrected chi connectivity index (χ2v) is 7.85. The maximum atomic E-state index is 12.0. The number of aromatic nitrogens is 3. The number of nitrogens with zero attached hydrogens (tertiary/aromatic N) is 4. The fourth-order valence-corrected chi connectivity index (χ4v) is 3.02. The summed E-state index contributed by atoms with van der Waals surface area (Å²) in [5.74, 6) is 0.946. The van der Waals surface area contributed by atoms with Gasteiger partial charge < -0.3 is 14.8 Å². The van der Waals surface area contributed by atoms with Crippen LogP contribution in [0.3, 0.4) is 0 Å². The molecule has 1 saturated heterocycles. The van der Waals surface area contributed by atoms with Crippen LogP contribution in [0.5, 0.6) is 0 Å². The summed E-state index contributed by atoms with van der Waals surface area (Å²) in [5.41, 5.74) is 1.82. The molecule has 2 aromatic rings. The Morgan fingerprint density at radius 1 is 1.41 bits per heavy atom. The summed E-state index contributed by atoms with van der Waals surface area (Å²) in [5, 5.41) is 7.12. The molecule has 0 bridgehead atoms. The van der Waals surface area contributed by atoms with Gasteiger partial charge in [-0.05, 0) is 51.2 Å². The Morgan fingerprint density at radius 2 is 2.19 bits per heavy atom. The Hall–Kier alpha value is -2.84. The smallest absolute Gasteiger partial charge is 0.414 e. The van der Waals surface area contributed by atoms with Crippen LogP contribution in [0, 0.1) is 0 Å². The first-order chi connectivity index (χ1) is 12.8. The standard InChI is InChI=1S/C18H23N5O4/c1-18(2,3)27-16(24)19-9-14-20-15-13(22-6-7-26-17(22)25)8-12(11-4-5-11)10-23(15)21-14/h8,10-11H,4-7,9H2,1-3H3,(H,19,24). The van der Waals surface area contributed by atoms with Crippen LogP contribution in [0.2, 0.25) is 0 Å². The number of fused-ring (bicyclic) bond motifs is 1. The van der Waals surface area contributed by atoms with E-state index in [-0.39, 0.29) is 12.6 Å². The van der Waals surface area contributed by atoms with Crippen LogP contribution in [0.15, 0.2) is 12.3 Å². The van der Waals surface area contributed by atoms with Gasteiger partial charge in [-0.25, -0.2) is 19.1 Å². The van der Waals surface area contributed by atoms with E-state index in [0.717, 1.165) is 18.4 Å². The molecule has 1 aliphatic carbocycles. The lowest BCUT2D eigenvalue weighted by molar-refractivity contribution is 0.0522. The monoisotopic (exact) mass is 373 g/mol. The number of cyclic esters (lactones) is 1. The predicted octanol–water partition coefficient (Wildman–Crippen LogP) is 2.59. The average molecular weight is 373 g/mol. The molecule has 0 spiro atoms. The van der Waals surface area contributed by atoms with Crippen molar-refractivity contribution in [2.75, 3.05) is 18.1 Å². The van der Waals surface area contributed by atoms with Crippen molar-refractivity contribution in [2.24, 2.45) is 0 Å². The summed E-state index contributed by atoms with van der Waals surface area (Å²) in [6.45, 7) is 6.39. The van der Waals surface area contributed by atoms with E-state index in [0.29, 0.717) is 36.2 Å². The van der Waals surface area contributed by atoms with E-state index in [1.807, 2.05) is 12.3 Å². The predicted molar refractivity (Wildman–Crippen MR) is 96.7 cm³/mol. The van der Waals surface area contributed by atoms with Crippen LogP contribution in [-0.4, -0.2) is 45.5 Å². The fourth-order valence-electron chi connectivity index (χ4n) is 3.02. The van der Waals surface area contributed by atoms with Crippen molar-refractivity contribution in [3.8, 4) is 0 Å². The summed E-state index contributed by atoms with van der Waals surface area (Å²) >= 11 is 0.